The average molecular weight is 250 g/mol. The smallest absolute Gasteiger partial charge is 0.0125 e. The van der Waals surface area contributed by atoms with Gasteiger partial charge in [-0.1, -0.05) is 19.4 Å². The van der Waals surface area contributed by atoms with Gasteiger partial charge in [0.05, 0.1) is 0 Å². The quantitative estimate of drug-likeness (QED) is 0.525. The van der Waals surface area contributed by atoms with Crippen LogP contribution < -0.4 is 5.32 Å². The summed E-state index contributed by atoms with van der Waals surface area (Å²) < 4.78 is 0. The van der Waals surface area contributed by atoms with E-state index in [1.54, 1.807) is 0 Å². The molecule has 2 bridgehead atoms. The van der Waals surface area contributed by atoms with Gasteiger partial charge in [-0.05, 0) is 58.0 Å². The van der Waals surface area contributed by atoms with Gasteiger partial charge >= 0.3 is 0 Å². The van der Waals surface area contributed by atoms with Gasteiger partial charge < -0.3 is 10.2 Å². The third kappa shape index (κ3) is 3.83. The number of hydrogen-bond donors (Lipinski definition) is 1. The molecule has 2 aliphatic heterocycles. The molecule has 0 radical (unpaired) electrons. The minimum Gasteiger partial charge on any atom is -0.311 e. The first-order chi connectivity index (χ1) is 8.83. The summed E-state index contributed by atoms with van der Waals surface area (Å²) in [7, 11) is 0. The molecule has 0 spiro atoms. The molecule has 18 heavy (non-hydrogen) atoms. The average Bonchev–Trinajstić information content (AvgIpc) is 2.73. The van der Waals surface area contributed by atoms with E-state index in [0.29, 0.717) is 0 Å². The molecule has 0 aromatic carbocycles. The molecule has 1 N–H and O–H groups in total. The Morgan fingerprint density at radius 3 is 2.50 bits per heavy atom. The Morgan fingerprint density at radius 2 is 1.89 bits per heavy atom. The molecular formula is C16H30N2. The molecule has 2 rings (SSSR count). The van der Waals surface area contributed by atoms with E-state index in [-0.39, 0.29) is 0 Å². The Balaban J connectivity index is 1.69. The van der Waals surface area contributed by atoms with Crippen molar-refractivity contribution in [2.45, 2.75) is 76.4 Å². The molecule has 0 aliphatic carbocycles. The molecule has 2 nitrogen and oxygen atoms in total. The van der Waals surface area contributed by atoms with Crippen LogP contribution in [0.15, 0.2) is 12.7 Å². The summed E-state index contributed by atoms with van der Waals surface area (Å²) in [4.78, 5) is 2.74. The van der Waals surface area contributed by atoms with Gasteiger partial charge in [-0.3, -0.25) is 0 Å². The number of allylic oxidation sites excluding steroid dienone is 1. The van der Waals surface area contributed by atoms with Crippen LogP contribution in [0.2, 0.25) is 0 Å². The third-order valence-electron chi connectivity index (χ3n) is 4.72. The van der Waals surface area contributed by atoms with Crippen molar-refractivity contribution in [2.24, 2.45) is 0 Å². The largest absolute Gasteiger partial charge is 0.311 e. The molecule has 2 unspecified atom stereocenters. The zero-order chi connectivity index (χ0) is 12.8. The summed E-state index contributed by atoms with van der Waals surface area (Å²) in [5, 5.41) is 3.75. The van der Waals surface area contributed by atoms with Gasteiger partial charge in [0.15, 0.2) is 0 Å². The van der Waals surface area contributed by atoms with Gasteiger partial charge in [-0.15, -0.1) is 6.58 Å². The van der Waals surface area contributed by atoms with Crippen molar-refractivity contribution in [3.63, 3.8) is 0 Å². The summed E-state index contributed by atoms with van der Waals surface area (Å²) in [5.41, 5.74) is 0. The molecule has 2 heterocycles. The molecule has 0 aromatic rings. The van der Waals surface area contributed by atoms with Crippen molar-refractivity contribution >= 4 is 0 Å². The van der Waals surface area contributed by atoms with Crippen molar-refractivity contribution in [3.8, 4) is 0 Å². The van der Waals surface area contributed by atoms with Crippen LogP contribution in [0.25, 0.3) is 0 Å². The lowest BCUT2D eigenvalue weighted by molar-refractivity contribution is 0.145. The molecular weight excluding hydrogens is 220 g/mol. The molecule has 0 saturated carbocycles. The number of unbranched alkanes of at least 4 members (excludes halogenated alkanes) is 3. The highest BCUT2D eigenvalue weighted by atomic mass is 15.2. The Hall–Kier alpha value is -0.340. The summed E-state index contributed by atoms with van der Waals surface area (Å²) >= 11 is 0. The van der Waals surface area contributed by atoms with Crippen LogP contribution in [0.1, 0.15) is 58.3 Å². The second-order valence-electron chi connectivity index (χ2n) is 6.03. The van der Waals surface area contributed by atoms with E-state index in [2.05, 4.69) is 23.7 Å². The highest BCUT2D eigenvalue weighted by Gasteiger charge is 2.35. The maximum absolute atomic E-state index is 3.79. The van der Waals surface area contributed by atoms with Crippen LogP contribution in [0.3, 0.4) is 0 Å². The Kier molecular flexibility index (Phi) is 5.71. The normalized spacial score (nSPS) is 30.9. The summed E-state index contributed by atoms with van der Waals surface area (Å²) in [6.07, 6.45) is 12.9. The molecule has 2 saturated heterocycles. The number of fused-ring (bicyclic) bond motifs is 2. The topological polar surface area (TPSA) is 15.3 Å². The van der Waals surface area contributed by atoms with Crippen molar-refractivity contribution in [2.75, 3.05) is 13.1 Å². The monoisotopic (exact) mass is 250 g/mol. The molecule has 104 valence electrons. The lowest BCUT2D eigenvalue weighted by Crippen LogP contribution is -2.48. The van der Waals surface area contributed by atoms with Crippen LogP contribution in [-0.4, -0.2) is 36.1 Å². The van der Waals surface area contributed by atoms with Gasteiger partial charge in [-0.2, -0.15) is 0 Å². The lowest BCUT2D eigenvalue weighted by atomic mass is 9.98. The van der Waals surface area contributed by atoms with Crippen molar-refractivity contribution in [1.82, 2.24) is 10.2 Å². The first-order valence-corrected chi connectivity index (χ1v) is 7.94. The standard InChI is InChI=1S/C16H30N2/c1-3-5-6-7-8-11-18(4-2)16-12-14-9-10-15(13-16)17-14/h3,14-17H,1,4-13H2,2H3. The Labute approximate surface area is 113 Å². The van der Waals surface area contributed by atoms with Crippen LogP contribution in [0.5, 0.6) is 0 Å². The van der Waals surface area contributed by atoms with E-state index in [1.807, 2.05) is 6.08 Å². The fourth-order valence-electron chi connectivity index (χ4n) is 3.70. The van der Waals surface area contributed by atoms with E-state index in [1.165, 1.54) is 64.5 Å². The van der Waals surface area contributed by atoms with Crippen LogP contribution >= 0.6 is 0 Å². The minimum absolute atomic E-state index is 0.823. The van der Waals surface area contributed by atoms with Gasteiger partial charge in [0.25, 0.3) is 0 Å². The Bertz CT molecular complexity index is 239. The number of piperidine rings is 1. The predicted molar refractivity (Wildman–Crippen MR) is 78.9 cm³/mol. The summed E-state index contributed by atoms with van der Waals surface area (Å²) in [5.74, 6) is 0. The highest BCUT2D eigenvalue weighted by molar-refractivity contribution is 4.95. The molecule has 2 heteroatoms. The summed E-state index contributed by atoms with van der Waals surface area (Å²) in [6, 6.07) is 2.50. The molecule has 0 aromatic heterocycles. The first kappa shape index (κ1) is 14.1. The SMILES string of the molecule is C=CCCCCCN(CC)C1CC2CCC(C1)N2. The van der Waals surface area contributed by atoms with Gasteiger partial charge in [-0.25, -0.2) is 0 Å². The highest BCUT2D eigenvalue weighted by Crippen LogP contribution is 2.29. The maximum atomic E-state index is 3.79. The van der Waals surface area contributed by atoms with Crippen LogP contribution in [-0.2, 0) is 0 Å². The Morgan fingerprint density at radius 1 is 1.17 bits per heavy atom. The van der Waals surface area contributed by atoms with E-state index in [0.717, 1.165) is 18.1 Å². The van der Waals surface area contributed by atoms with Crippen molar-refractivity contribution in [3.05, 3.63) is 12.7 Å². The second kappa shape index (κ2) is 7.30. The number of nitrogens with zero attached hydrogens (tertiary/aromatic N) is 1. The third-order valence-corrected chi connectivity index (χ3v) is 4.72. The number of rotatable bonds is 8. The van der Waals surface area contributed by atoms with E-state index in [4.69, 9.17) is 0 Å². The fourth-order valence-corrected chi connectivity index (χ4v) is 3.70. The predicted octanol–water partition coefficient (Wildman–Crippen LogP) is 3.34. The molecule has 2 fully saturated rings. The number of nitrogens with one attached hydrogen (secondary N) is 1. The van der Waals surface area contributed by atoms with E-state index >= 15 is 0 Å². The van der Waals surface area contributed by atoms with Gasteiger partial charge in [0, 0.05) is 18.1 Å². The zero-order valence-electron chi connectivity index (χ0n) is 12.0. The molecule has 2 atom stereocenters. The minimum atomic E-state index is 0.823. The second-order valence-corrected chi connectivity index (χ2v) is 6.03. The van der Waals surface area contributed by atoms with Crippen LogP contribution in [0, 0.1) is 0 Å². The van der Waals surface area contributed by atoms with Crippen LogP contribution in [0.4, 0.5) is 0 Å². The van der Waals surface area contributed by atoms with Crippen molar-refractivity contribution in [1.29, 1.82) is 0 Å². The summed E-state index contributed by atoms with van der Waals surface area (Å²) in [6.45, 7) is 8.65. The molecule has 0 amide bonds. The number of hydrogen-bond acceptors (Lipinski definition) is 2. The van der Waals surface area contributed by atoms with Gasteiger partial charge in [0.2, 0.25) is 0 Å². The first-order valence-electron chi connectivity index (χ1n) is 7.94. The molecule has 2 aliphatic rings. The van der Waals surface area contributed by atoms with Gasteiger partial charge in [0.1, 0.15) is 0 Å². The lowest BCUT2D eigenvalue weighted by Gasteiger charge is -2.37. The maximum Gasteiger partial charge on any atom is 0.0125 e. The zero-order valence-corrected chi connectivity index (χ0v) is 12.0. The van der Waals surface area contributed by atoms with E-state index in [9.17, 15) is 0 Å². The van der Waals surface area contributed by atoms with E-state index < -0.39 is 0 Å². The van der Waals surface area contributed by atoms with Crippen molar-refractivity contribution < 1.29 is 0 Å². The fraction of sp³-hybridized carbons (Fsp3) is 0.875.